The lowest BCUT2D eigenvalue weighted by atomic mass is 10.1. The van der Waals surface area contributed by atoms with E-state index in [9.17, 15) is 9.59 Å². The molecule has 2 amide bonds. The summed E-state index contributed by atoms with van der Waals surface area (Å²) >= 11 is 0. The van der Waals surface area contributed by atoms with Crippen molar-refractivity contribution in [3.63, 3.8) is 0 Å². The highest BCUT2D eigenvalue weighted by atomic mass is 16.3. The molecule has 1 fully saturated rings. The number of aliphatic hydroxyl groups is 1. The van der Waals surface area contributed by atoms with Crippen LogP contribution >= 0.6 is 0 Å². The summed E-state index contributed by atoms with van der Waals surface area (Å²) in [4.78, 5) is 23.6. The quantitative estimate of drug-likeness (QED) is 0.686. The van der Waals surface area contributed by atoms with Gasteiger partial charge in [0.25, 0.3) is 5.91 Å². The molecule has 0 radical (unpaired) electrons. The van der Waals surface area contributed by atoms with E-state index in [0.29, 0.717) is 17.9 Å². The molecule has 5 heteroatoms. The predicted octanol–water partition coefficient (Wildman–Crippen LogP) is 0.694. The van der Waals surface area contributed by atoms with Crippen molar-refractivity contribution >= 4 is 11.8 Å². The Bertz CT molecular complexity index is 457. The zero-order valence-electron chi connectivity index (χ0n) is 11.3. The van der Waals surface area contributed by atoms with E-state index in [-0.39, 0.29) is 31.0 Å². The van der Waals surface area contributed by atoms with Gasteiger partial charge in [-0.15, -0.1) is 0 Å². The zero-order valence-corrected chi connectivity index (χ0v) is 11.3. The molecule has 108 valence electrons. The molecule has 20 heavy (non-hydrogen) atoms. The van der Waals surface area contributed by atoms with Gasteiger partial charge in [0.1, 0.15) is 0 Å². The topological polar surface area (TPSA) is 78.4 Å². The van der Waals surface area contributed by atoms with Crippen molar-refractivity contribution < 1.29 is 14.7 Å². The minimum atomic E-state index is -0.258. The van der Waals surface area contributed by atoms with Crippen LogP contribution in [0.1, 0.15) is 29.6 Å². The molecule has 3 N–H and O–H groups in total. The summed E-state index contributed by atoms with van der Waals surface area (Å²) in [6.45, 7) is 0.0280. The van der Waals surface area contributed by atoms with Crippen LogP contribution in [-0.2, 0) is 4.79 Å². The summed E-state index contributed by atoms with van der Waals surface area (Å²) < 4.78 is 0. The molecule has 0 aromatic heterocycles. The summed E-state index contributed by atoms with van der Waals surface area (Å²) in [6.07, 6.45) is 2.77. The minimum absolute atomic E-state index is 0.0288. The van der Waals surface area contributed by atoms with Crippen molar-refractivity contribution in [2.24, 2.45) is 5.92 Å². The maximum absolute atomic E-state index is 11.8. The van der Waals surface area contributed by atoms with Crippen LogP contribution in [0.25, 0.3) is 0 Å². The molecule has 1 aliphatic carbocycles. The number of rotatable bonds is 7. The smallest absolute Gasteiger partial charge is 0.251 e. The molecule has 5 nitrogen and oxygen atoms in total. The third-order valence-corrected chi connectivity index (χ3v) is 3.42. The van der Waals surface area contributed by atoms with E-state index < -0.39 is 0 Å². The van der Waals surface area contributed by atoms with Crippen LogP contribution in [0.3, 0.4) is 0 Å². The lowest BCUT2D eigenvalue weighted by Gasteiger charge is -2.17. The Morgan fingerprint density at radius 1 is 1.25 bits per heavy atom. The van der Waals surface area contributed by atoms with Crippen LogP contribution in [0, 0.1) is 5.92 Å². The van der Waals surface area contributed by atoms with E-state index in [1.807, 2.05) is 6.07 Å². The number of carbonyl (C=O) groups is 2. The Labute approximate surface area is 118 Å². The van der Waals surface area contributed by atoms with Crippen LogP contribution < -0.4 is 10.6 Å². The van der Waals surface area contributed by atoms with Gasteiger partial charge >= 0.3 is 0 Å². The summed E-state index contributed by atoms with van der Waals surface area (Å²) in [6, 6.07) is 8.82. The predicted molar refractivity (Wildman–Crippen MR) is 75.1 cm³/mol. The number of aliphatic hydroxyl groups excluding tert-OH is 1. The van der Waals surface area contributed by atoms with Crippen molar-refractivity contribution in [1.82, 2.24) is 10.6 Å². The second-order valence-corrected chi connectivity index (χ2v) is 5.07. The number of amides is 2. The summed E-state index contributed by atoms with van der Waals surface area (Å²) in [5.74, 6) is 0.0152. The molecule has 0 spiro atoms. The van der Waals surface area contributed by atoms with Crippen LogP contribution in [0.5, 0.6) is 0 Å². The molecule has 1 atom stereocenters. The van der Waals surface area contributed by atoms with Crippen molar-refractivity contribution in [1.29, 1.82) is 0 Å². The van der Waals surface area contributed by atoms with Gasteiger partial charge < -0.3 is 15.7 Å². The minimum Gasteiger partial charge on any atom is -0.396 e. The first-order valence-corrected chi connectivity index (χ1v) is 6.94. The number of hydrogen-bond donors (Lipinski definition) is 3. The average molecular weight is 276 g/mol. The highest BCUT2D eigenvalue weighted by molar-refractivity contribution is 5.96. The molecule has 0 aliphatic heterocycles. The van der Waals surface area contributed by atoms with Crippen molar-refractivity contribution in [2.75, 3.05) is 13.2 Å². The molecule has 1 saturated carbocycles. The number of hydrogen-bond acceptors (Lipinski definition) is 3. The van der Waals surface area contributed by atoms with E-state index in [0.717, 1.165) is 12.8 Å². The molecule has 2 rings (SSSR count). The maximum atomic E-state index is 11.8. The molecule has 1 aliphatic rings. The Balaban J connectivity index is 1.75. The Kier molecular flexibility index (Phi) is 5.12. The lowest BCUT2D eigenvalue weighted by molar-refractivity contribution is -0.121. The van der Waals surface area contributed by atoms with Crippen LogP contribution in [0.15, 0.2) is 30.3 Å². The van der Waals surface area contributed by atoms with Gasteiger partial charge in [-0.3, -0.25) is 9.59 Å². The number of nitrogens with one attached hydrogen (secondary N) is 2. The van der Waals surface area contributed by atoms with Gasteiger partial charge in [-0.05, 0) is 37.3 Å². The third kappa shape index (κ3) is 4.35. The molecule has 0 saturated heterocycles. The van der Waals surface area contributed by atoms with Crippen molar-refractivity contribution in [3.05, 3.63) is 35.9 Å². The fourth-order valence-electron chi connectivity index (χ4n) is 2.17. The third-order valence-electron chi connectivity index (χ3n) is 3.42. The number of carbonyl (C=O) groups excluding carboxylic acids is 2. The first-order chi connectivity index (χ1) is 9.70. The SMILES string of the molecule is O=C(CNC(=O)c1ccccc1)NC(CCO)C1CC1. The Morgan fingerprint density at radius 2 is 1.95 bits per heavy atom. The fourth-order valence-corrected chi connectivity index (χ4v) is 2.17. The van der Waals surface area contributed by atoms with E-state index in [1.54, 1.807) is 24.3 Å². The lowest BCUT2D eigenvalue weighted by Crippen LogP contribution is -2.43. The van der Waals surface area contributed by atoms with E-state index >= 15 is 0 Å². The van der Waals surface area contributed by atoms with Gasteiger partial charge in [-0.1, -0.05) is 18.2 Å². The van der Waals surface area contributed by atoms with Gasteiger partial charge in [0.2, 0.25) is 5.91 Å². The average Bonchev–Trinajstić information content (AvgIpc) is 3.30. The maximum Gasteiger partial charge on any atom is 0.251 e. The fraction of sp³-hybridized carbons (Fsp3) is 0.467. The second-order valence-electron chi connectivity index (χ2n) is 5.07. The summed E-state index contributed by atoms with van der Waals surface area (Å²) in [7, 11) is 0. The molecular formula is C15H20N2O3. The van der Waals surface area contributed by atoms with Gasteiger partial charge in [-0.2, -0.15) is 0 Å². The Morgan fingerprint density at radius 3 is 2.55 bits per heavy atom. The normalized spacial score (nSPS) is 15.4. The second kappa shape index (κ2) is 7.05. The first-order valence-electron chi connectivity index (χ1n) is 6.94. The Hall–Kier alpha value is -1.88. The molecule has 1 unspecified atom stereocenters. The first kappa shape index (κ1) is 14.5. The van der Waals surface area contributed by atoms with Crippen molar-refractivity contribution in [2.45, 2.75) is 25.3 Å². The molecule has 0 bridgehead atoms. The van der Waals surface area contributed by atoms with Crippen molar-refractivity contribution in [3.8, 4) is 0 Å². The molecule has 1 aromatic carbocycles. The summed E-state index contributed by atoms with van der Waals surface area (Å²) in [5.41, 5.74) is 0.536. The number of benzene rings is 1. The highest BCUT2D eigenvalue weighted by Gasteiger charge is 2.31. The van der Waals surface area contributed by atoms with Gasteiger partial charge in [-0.25, -0.2) is 0 Å². The summed E-state index contributed by atoms with van der Waals surface area (Å²) in [5, 5.41) is 14.4. The van der Waals surface area contributed by atoms with Gasteiger partial charge in [0.05, 0.1) is 6.54 Å². The van der Waals surface area contributed by atoms with Gasteiger partial charge in [0, 0.05) is 18.2 Å². The largest absolute Gasteiger partial charge is 0.396 e. The van der Waals surface area contributed by atoms with E-state index in [4.69, 9.17) is 5.11 Å². The molecular weight excluding hydrogens is 256 g/mol. The monoisotopic (exact) mass is 276 g/mol. The van der Waals surface area contributed by atoms with E-state index in [1.165, 1.54) is 0 Å². The molecule has 0 heterocycles. The molecule has 1 aromatic rings. The van der Waals surface area contributed by atoms with Crippen LogP contribution in [-0.4, -0.2) is 36.1 Å². The van der Waals surface area contributed by atoms with Crippen LogP contribution in [0.2, 0.25) is 0 Å². The van der Waals surface area contributed by atoms with E-state index in [2.05, 4.69) is 10.6 Å². The zero-order chi connectivity index (χ0) is 14.4. The standard InChI is InChI=1S/C15H20N2O3/c18-9-8-13(11-6-7-11)17-14(19)10-16-15(20)12-4-2-1-3-5-12/h1-5,11,13,18H,6-10H2,(H,16,20)(H,17,19). The highest BCUT2D eigenvalue weighted by Crippen LogP contribution is 2.33. The van der Waals surface area contributed by atoms with Gasteiger partial charge in [0.15, 0.2) is 0 Å². The van der Waals surface area contributed by atoms with Crippen LogP contribution in [0.4, 0.5) is 0 Å².